The lowest BCUT2D eigenvalue weighted by molar-refractivity contribution is -0.134. The average Bonchev–Trinajstić information content (AvgIpc) is 2.84. The highest BCUT2D eigenvalue weighted by molar-refractivity contribution is 5.29. The molecule has 2 heterocycles. The molecule has 23 heavy (non-hydrogen) atoms. The number of aromatic nitrogens is 2. The van der Waals surface area contributed by atoms with Crippen LogP contribution in [0.3, 0.4) is 0 Å². The van der Waals surface area contributed by atoms with Gasteiger partial charge < -0.3 is 4.74 Å². The summed E-state index contributed by atoms with van der Waals surface area (Å²) in [6.45, 7) is 9.44. The lowest BCUT2D eigenvalue weighted by Crippen LogP contribution is -2.59. The zero-order valence-electron chi connectivity index (χ0n) is 14.8. The third-order valence-corrected chi connectivity index (χ3v) is 4.66. The lowest BCUT2D eigenvalue weighted by Gasteiger charge is -2.49. The molecule has 2 aromatic rings. The fraction of sp³-hybridized carbons (Fsp3) is 0.526. The quantitative estimate of drug-likeness (QED) is 0.869. The van der Waals surface area contributed by atoms with Crippen molar-refractivity contribution >= 4 is 0 Å². The molecule has 4 nitrogen and oxygen atoms in total. The predicted molar refractivity (Wildman–Crippen MR) is 92.3 cm³/mol. The summed E-state index contributed by atoms with van der Waals surface area (Å²) < 4.78 is 7.80. The molecule has 4 heteroatoms. The van der Waals surface area contributed by atoms with Crippen molar-refractivity contribution in [2.45, 2.75) is 38.3 Å². The number of ether oxygens (including phenoxy) is 1. The van der Waals surface area contributed by atoms with E-state index in [0.29, 0.717) is 0 Å². The maximum atomic E-state index is 5.87. The first-order valence-electron chi connectivity index (χ1n) is 8.20. The lowest BCUT2D eigenvalue weighted by atomic mass is 9.84. The predicted octanol–water partition coefficient (Wildman–Crippen LogP) is 3.08. The highest BCUT2D eigenvalue weighted by atomic mass is 16.5. The second-order valence-electron chi connectivity index (χ2n) is 7.64. The van der Waals surface area contributed by atoms with Crippen LogP contribution in [0.15, 0.2) is 36.5 Å². The Morgan fingerprint density at radius 3 is 2.39 bits per heavy atom. The van der Waals surface area contributed by atoms with Gasteiger partial charge in [0.15, 0.2) is 0 Å². The summed E-state index contributed by atoms with van der Waals surface area (Å²) in [5.41, 5.74) is 3.68. The van der Waals surface area contributed by atoms with E-state index in [4.69, 9.17) is 4.74 Å². The van der Waals surface area contributed by atoms with Crippen LogP contribution in [0.25, 0.3) is 0 Å². The van der Waals surface area contributed by atoms with E-state index in [0.717, 1.165) is 19.6 Å². The standard InChI is InChI=1S/C19H27N3O/c1-18(2,3)17-15(11-21(4)20-17)12-22-13-19(14-22,23-5)16-9-7-6-8-10-16/h6-11H,12-14H2,1-5H3. The number of likely N-dealkylation sites (tertiary alicyclic amines) is 1. The molecule has 3 rings (SSSR count). The van der Waals surface area contributed by atoms with E-state index in [1.807, 2.05) is 18.8 Å². The number of aryl methyl sites for hydroxylation is 1. The van der Waals surface area contributed by atoms with Crippen LogP contribution >= 0.6 is 0 Å². The minimum absolute atomic E-state index is 0.0687. The molecule has 0 saturated carbocycles. The van der Waals surface area contributed by atoms with Crippen LogP contribution in [-0.2, 0) is 29.3 Å². The van der Waals surface area contributed by atoms with E-state index < -0.39 is 0 Å². The van der Waals surface area contributed by atoms with Crippen LogP contribution in [-0.4, -0.2) is 34.9 Å². The first kappa shape index (κ1) is 16.2. The minimum Gasteiger partial charge on any atom is -0.371 e. The Hall–Kier alpha value is -1.65. The number of nitrogens with zero attached hydrogens (tertiary/aromatic N) is 3. The Labute approximate surface area is 139 Å². The molecule has 0 spiro atoms. The van der Waals surface area contributed by atoms with Crippen LogP contribution in [0, 0.1) is 0 Å². The topological polar surface area (TPSA) is 30.3 Å². The maximum Gasteiger partial charge on any atom is 0.118 e. The van der Waals surface area contributed by atoms with E-state index in [1.54, 1.807) is 0 Å². The summed E-state index contributed by atoms with van der Waals surface area (Å²) in [6.07, 6.45) is 2.15. The van der Waals surface area contributed by atoms with Gasteiger partial charge in [0, 0.05) is 51.0 Å². The molecule has 0 aliphatic carbocycles. The molecular formula is C19H27N3O. The zero-order chi connectivity index (χ0) is 16.7. The van der Waals surface area contributed by atoms with Gasteiger partial charge in [0.1, 0.15) is 5.60 Å². The third-order valence-electron chi connectivity index (χ3n) is 4.66. The molecule has 0 radical (unpaired) electrons. The Morgan fingerprint density at radius 1 is 1.17 bits per heavy atom. The monoisotopic (exact) mass is 313 g/mol. The van der Waals surface area contributed by atoms with Gasteiger partial charge in [-0.2, -0.15) is 5.10 Å². The molecule has 0 N–H and O–H groups in total. The summed E-state index contributed by atoms with van der Waals surface area (Å²) in [5, 5.41) is 4.67. The van der Waals surface area contributed by atoms with E-state index in [2.05, 4.69) is 67.3 Å². The summed E-state index contributed by atoms with van der Waals surface area (Å²) in [4.78, 5) is 2.43. The van der Waals surface area contributed by atoms with Crippen molar-refractivity contribution in [2.24, 2.45) is 7.05 Å². The second kappa shape index (κ2) is 5.77. The molecule has 0 unspecified atom stereocenters. The van der Waals surface area contributed by atoms with Gasteiger partial charge in [0.25, 0.3) is 0 Å². The average molecular weight is 313 g/mol. The molecule has 0 bridgehead atoms. The third kappa shape index (κ3) is 3.06. The largest absolute Gasteiger partial charge is 0.371 e. The molecule has 124 valence electrons. The van der Waals surface area contributed by atoms with Crippen LogP contribution in [0.1, 0.15) is 37.6 Å². The van der Waals surface area contributed by atoms with Gasteiger partial charge in [0.05, 0.1) is 5.69 Å². The first-order chi connectivity index (χ1) is 10.8. The van der Waals surface area contributed by atoms with Crippen molar-refractivity contribution < 1.29 is 4.74 Å². The Balaban J connectivity index is 1.73. The van der Waals surface area contributed by atoms with Gasteiger partial charge in [-0.05, 0) is 5.56 Å². The molecule has 1 aliphatic rings. The van der Waals surface area contributed by atoms with Gasteiger partial charge in [-0.25, -0.2) is 0 Å². The number of rotatable bonds is 4. The van der Waals surface area contributed by atoms with Crippen LogP contribution < -0.4 is 0 Å². The molecule has 1 aliphatic heterocycles. The SMILES string of the molecule is COC1(c2ccccc2)CN(Cc2cn(C)nc2C(C)(C)C)C1. The van der Waals surface area contributed by atoms with Gasteiger partial charge in [-0.15, -0.1) is 0 Å². The fourth-order valence-electron chi connectivity index (χ4n) is 3.49. The van der Waals surface area contributed by atoms with Crippen molar-refractivity contribution in [1.82, 2.24) is 14.7 Å². The van der Waals surface area contributed by atoms with Gasteiger partial charge in [-0.3, -0.25) is 9.58 Å². The second-order valence-corrected chi connectivity index (χ2v) is 7.64. The summed E-state index contributed by atoms with van der Waals surface area (Å²) in [6, 6.07) is 10.5. The molecule has 1 fully saturated rings. The molecule has 0 atom stereocenters. The van der Waals surface area contributed by atoms with Crippen molar-refractivity contribution in [3.63, 3.8) is 0 Å². The van der Waals surface area contributed by atoms with Crippen LogP contribution in [0.5, 0.6) is 0 Å². The number of hydrogen-bond acceptors (Lipinski definition) is 3. The van der Waals surface area contributed by atoms with Crippen molar-refractivity contribution in [1.29, 1.82) is 0 Å². The van der Waals surface area contributed by atoms with E-state index >= 15 is 0 Å². The van der Waals surface area contributed by atoms with Crippen molar-refractivity contribution in [3.8, 4) is 0 Å². The molecule has 1 aromatic heterocycles. The Kier molecular flexibility index (Phi) is 4.07. The van der Waals surface area contributed by atoms with Crippen LogP contribution in [0.4, 0.5) is 0 Å². The number of benzene rings is 1. The molecule has 1 aromatic carbocycles. The fourth-order valence-corrected chi connectivity index (χ4v) is 3.49. The summed E-state index contributed by atoms with van der Waals surface area (Å²) >= 11 is 0. The van der Waals surface area contributed by atoms with Crippen molar-refractivity contribution in [3.05, 3.63) is 53.3 Å². The van der Waals surface area contributed by atoms with E-state index in [-0.39, 0.29) is 11.0 Å². The van der Waals surface area contributed by atoms with E-state index in [1.165, 1.54) is 16.8 Å². The van der Waals surface area contributed by atoms with E-state index in [9.17, 15) is 0 Å². The van der Waals surface area contributed by atoms with Crippen LogP contribution in [0.2, 0.25) is 0 Å². The molecule has 0 amide bonds. The highest BCUT2D eigenvalue weighted by Gasteiger charge is 2.44. The Bertz CT molecular complexity index is 664. The normalized spacial score (nSPS) is 18.0. The highest BCUT2D eigenvalue weighted by Crippen LogP contribution is 2.37. The van der Waals surface area contributed by atoms with Gasteiger partial charge >= 0.3 is 0 Å². The smallest absolute Gasteiger partial charge is 0.118 e. The first-order valence-corrected chi connectivity index (χ1v) is 8.20. The van der Waals surface area contributed by atoms with Gasteiger partial charge in [0.2, 0.25) is 0 Å². The minimum atomic E-state index is -0.161. The summed E-state index contributed by atoms with van der Waals surface area (Å²) in [7, 11) is 3.81. The molecule has 1 saturated heterocycles. The maximum absolute atomic E-state index is 5.87. The van der Waals surface area contributed by atoms with Gasteiger partial charge in [-0.1, -0.05) is 51.1 Å². The Morgan fingerprint density at radius 2 is 1.83 bits per heavy atom. The molecular weight excluding hydrogens is 286 g/mol. The van der Waals surface area contributed by atoms with Crippen molar-refractivity contribution in [2.75, 3.05) is 20.2 Å². The number of methoxy groups -OCH3 is 1. The summed E-state index contributed by atoms with van der Waals surface area (Å²) in [5.74, 6) is 0. The zero-order valence-corrected chi connectivity index (χ0v) is 14.8. The number of hydrogen-bond donors (Lipinski definition) is 0.